The van der Waals surface area contributed by atoms with Crippen LogP contribution in [0.2, 0.25) is 0 Å². The van der Waals surface area contributed by atoms with Crippen molar-refractivity contribution in [2.45, 2.75) is 43.9 Å². The molecule has 0 bridgehead atoms. The van der Waals surface area contributed by atoms with E-state index in [9.17, 15) is 13.2 Å². The minimum atomic E-state index is -3.50. The maximum absolute atomic E-state index is 12.6. The molecule has 0 unspecified atom stereocenters. The number of benzene rings is 2. The van der Waals surface area contributed by atoms with Crippen LogP contribution in [0.25, 0.3) is 0 Å². The van der Waals surface area contributed by atoms with Crippen LogP contribution in [0.4, 0.5) is 5.69 Å². The summed E-state index contributed by atoms with van der Waals surface area (Å²) in [5, 5.41) is 2.87. The molecule has 0 radical (unpaired) electrons. The van der Waals surface area contributed by atoms with Crippen molar-refractivity contribution in [3.05, 3.63) is 60.2 Å². The molecule has 0 heterocycles. The first-order valence-electron chi connectivity index (χ1n) is 8.93. The molecule has 140 valence electrons. The smallest absolute Gasteiger partial charge is 0.240 e. The Morgan fingerprint density at radius 1 is 1.00 bits per heavy atom. The molecule has 1 amide bonds. The topological polar surface area (TPSA) is 75.3 Å². The summed E-state index contributed by atoms with van der Waals surface area (Å²) in [7, 11) is -3.50. The van der Waals surface area contributed by atoms with Gasteiger partial charge in [0.05, 0.1) is 10.8 Å². The van der Waals surface area contributed by atoms with Crippen molar-refractivity contribution in [1.82, 2.24) is 4.72 Å². The van der Waals surface area contributed by atoms with Gasteiger partial charge in [-0.3, -0.25) is 4.79 Å². The molecule has 6 heteroatoms. The van der Waals surface area contributed by atoms with Gasteiger partial charge in [-0.25, -0.2) is 13.1 Å². The second-order valence-electron chi connectivity index (χ2n) is 6.14. The molecule has 0 fully saturated rings. The highest BCUT2D eigenvalue weighted by Crippen LogP contribution is 2.22. The predicted molar refractivity (Wildman–Crippen MR) is 105 cm³/mol. The Balaban J connectivity index is 2.05. The summed E-state index contributed by atoms with van der Waals surface area (Å²) < 4.78 is 26.9. The Morgan fingerprint density at radius 2 is 1.65 bits per heavy atom. The Labute approximate surface area is 155 Å². The van der Waals surface area contributed by atoms with Gasteiger partial charge in [0.2, 0.25) is 15.9 Å². The number of nitrogens with one attached hydrogen (secondary N) is 2. The van der Waals surface area contributed by atoms with Crippen LogP contribution in [-0.4, -0.2) is 20.9 Å². The SMILES string of the molecule is CCCCNS(=O)(=O)c1ccc(NC(=O)[C@H](CC)c2ccccc2)cc1. The Kier molecular flexibility index (Phi) is 7.36. The zero-order valence-corrected chi connectivity index (χ0v) is 16.1. The Morgan fingerprint density at radius 3 is 2.23 bits per heavy atom. The summed E-state index contributed by atoms with van der Waals surface area (Å²) in [6.45, 7) is 4.40. The quantitative estimate of drug-likeness (QED) is 0.654. The molecule has 26 heavy (non-hydrogen) atoms. The van der Waals surface area contributed by atoms with Crippen LogP contribution in [0.5, 0.6) is 0 Å². The normalized spacial score (nSPS) is 12.5. The molecule has 2 aromatic carbocycles. The fourth-order valence-corrected chi connectivity index (χ4v) is 3.75. The summed E-state index contributed by atoms with van der Waals surface area (Å²) in [6, 6.07) is 15.9. The third-order valence-electron chi connectivity index (χ3n) is 4.18. The van der Waals surface area contributed by atoms with E-state index < -0.39 is 10.0 Å². The molecule has 1 atom stereocenters. The van der Waals surface area contributed by atoms with Crippen molar-refractivity contribution in [2.75, 3.05) is 11.9 Å². The highest BCUT2D eigenvalue weighted by molar-refractivity contribution is 7.89. The van der Waals surface area contributed by atoms with Crippen LogP contribution in [0, 0.1) is 0 Å². The molecule has 0 saturated heterocycles. The molecule has 2 N–H and O–H groups in total. The summed E-state index contributed by atoms with van der Waals surface area (Å²) in [6.07, 6.45) is 2.41. The molecule has 0 spiro atoms. The van der Waals surface area contributed by atoms with Crippen molar-refractivity contribution >= 4 is 21.6 Å². The second kappa shape index (κ2) is 9.50. The molecule has 0 saturated carbocycles. The number of sulfonamides is 1. The molecule has 0 aromatic heterocycles. The standard InChI is InChI=1S/C20H26N2O3S/c1-3-5-15-21-26(24,25)18-13-11-17(12-14-18)22-20(23)19(4-2)16-9-7-6-8-10-16/h6-14,19,21H,3-5,15H2,1-2H3,(H,22,23)/t19-/m1/s1. The van der Waals surface area contributed by atoms with E-state index in [2.05, 4.69) is 10.0 Å². The van der Waals surface area contributed by atoms with Crippen LogP contribution in [0.15, 0.2) is 59.5 Å². The van der Waals surface area contributed by atoms with Gasteiger partial charge in [0.25, 0.3) is 0 Å². The zero-order chi connectivity index (χ0) is 19.0. The number of anilines is 1. The Hall–Kier alpha value is -2.18. The molecule has 5 nitrogen and oxygen atoms in total. The first kappa shape index (κ1) is 20.1. The zero-order valence-electron chi connectivity index (χ0n) is 15.2. The minimum absolute atomic E-state index is 0.102. The maximum Gasteiger partial charge on any atom is 0.240 e. The number of hydrogen-bond acceptors (Lipinski definition) is 3. The molecule has 0 aliphatic carbocycles. The van der Waals surface area contributed by atoms with Gasteiger partial charge in [-0.15, -0.1) is 0 Å². The van der Waals surface area contributed by atoms with Crippen LogP contribution in [-0.2, 0) is 14.8 Å². The van der Waals surface area contributed by atoms with E-state index in [1.807, 2.05) is 44.2 Å². The summed E-state index contributed by atoms with van der Waals surface area (Å²) >= 11 is 0. The van der Waals surface area contributed by atoms with Crippen molar-refractivity contribution in [3.63, 3.8) is 0 Å². The lowest BCUT2D eigenvalue weighted by molar-refractivity contribution is -0.117. The summed E-state index contributed by atoms with van der Waals surface area (Å²) in [5.41, 5.74) is 1.55. The van der Waals surface area contributed by atoms with Gasteiger partial charge in [-0.2, -0.15) is 0 Å². The van der Waals surface area contributed by atoms with Gasteiger partial charge in [-0.1, -0.05) is 50.6 Å². The van der Waals surface area contributed by atoms with Crippen LogP contribution in [0.3, 0.4) is 0 Å². The minimum Gasteiger partial charge on any atom is -0.326 e. The van der Waals surface area contributed by atoms with E-state index >= 15 is 0 Å². The third-order valence-corrected chi connectivity index (χ3v) is 5.66. The van der Waals surface area contributed by atoms with Crippen LogP contribution in [0.1, 0.15) is 44.6 Å². The highest BCUT2D eigenvalue weighted by Gasteiger charge is 2.19. The monoisotopic (exact) mass is 374 g/mol. The van der Waals surface area contributed by atoms with Gasteiger partial charge in [0, 0.05) is 12.2 Å². The number of unbranched alkanes of at least 4 members (excludes halogenated alkanes) is 1. The van der Waals surface area contributed by atoms with Crippen molar-refractivity contribution in [1.29, 1.82) is 0 Å². The fraction of sp³-hybridized carbons (Fsp3) is 0.350. The molecule has 2 aromatic rings. The molecule has 0 aliphatic heterocycles. The largest absolute Gasteiger partial charge is 0.326 e. The van der Waals surface area contributed by atoms with E-state index in [-0.39, 0.29) is 16.7 Å². The van der Waals surface area contributed by atoms with E-state index in [1.54, 1.807) is 12.1 Å². The van der Waals surface area contributed by atoms with E-state index in [1.165, 1.54) is 12.1 Å². The van der Waals surface area contributed by atoms with Crippen LogP contribution >= 0.6 is 0 Å². The van der Waals surface area contributed by atoms with E-state index in [4.69, 9.17) is 0 Å². The van der Waals surface area contributed by atoms with E-state index in [0.717, 1.165) is 18.4 Å². The van der Waals surface area contributed by atoms with Gasteiger partial charge in [0.1, 0.15) is 0 Å². The summed E-state index contributed by atoms with van der Waals surface area (Å²) in [4.78, 5) is 12.8. The first-order valence-corrected chi connectivity index (χ1v) is 10.4. The molecular formula is C20H26N2O3S. The lowest BCUT2D eigenvalue weighted by atomic mass is 9.95. The van der Waals surface area contributed by atoms with Gasteiger partial charge < -0.3 is 5.32 Å². The lowest BCUT2D eigenvalue weighted by Crippen LogP contribution is -2.24. The average Bonchev–Trinajstić information content (AvgIpc) is 2.64. The van der Waals surface area contributed by atoms with Crippen LogP contribution < -0.4 is 10.0 Å². The van der Waals surface area contributed by atoms with Crippen molar-refractivity contribution in [2.24, 2.45) is 0 Å². The average molecular weight is 375 g/mol. The predicted octanol–water partition coefficient (Wildman–Crippen LogP) is 3.90. The highest BCUT2D eigenvalue weighted by atomic mass is 32.2. The van der Waals surface area contributed by atoms with Gasteiger partial charge in [0.15, 0.2) is 0 Å². The third kappa shape index (κ3) is 5.41. The molecule has 0 aliphatic rings. The van der Waals surface area contributed by atoms with Crippen molar-refractivity contribution < 1.29 is 13.2 Å². The first-order chi connectivity index (χ1) is 12.5. The fourth-order valence-electron chi connectivity index (χ4n) is 2.67. The van der Waals surface area contributed by atoms with Crippen molar-refractivity contribution in [3.8, 4) is 0 Å². The molecule has 2 rings (SSSR count). The number of hydrogen-bond donors (Lipinski definition) is 2. The van der Waals surface area contributed by atoms with E-state index in [0.29, 0.717) is 18.7 Å². The van der Waals surface area contributed by atoms with Gasteiger partial charge in [-0.05, 0) is 42.7 Å². The lowest BCUT2D eigenvalue weighted by Gasteiger charge is -2.15. The second-order valence-corrected chi connectivity index (χ2v) is 7.90. The number of carbonyl (C=O) groups is 1. The summed E-state index contributed by atoms with van der Waals surface area (Å²) in [5.74, 6) is -0.342. The Bertz CT molecular complexity index is 803. The number of rotatable bonds is 9. The van der Waals surface area contributed by atoms with Gasteiger partial charge >= 0.3 is 0 Å². The number of carbonyl (C=O) groups excluding carboxylic acids is 1. The number of amides is 1. The molecular weight excluding hydrogens is 348 g/mol. The maximum atomic E-state index is 12.6.